The Morgan fingerprint density at radius 3 is 2.68 bits per heavy atom. The van der Waals surface area contributed by atoms with Crippen molar-refractivity contribution in [2.75, 3.05) is 32.7 Å². The first-order valence-electron chi connectivity index (χ1n) is 6.51. The Labute approximate surface area is 121 Å². The predicted molar refractivity (Wildman–Crippen MR) is 77.5 cm³/mol. The van der Waals surface area contributed by atoms with Crippen LogP contribution in [0.3, 0.4) is 0 Å². The summed E-state index contributed by atoms with van der Waals surface area (Å²) in [5.74, 6) is 0.129. The van der Waals surface area contributed by atoms with E-state index in [0.29, 0.717) is 18.5 Å². The molecule has 1 atom stereocenters. The minimum Gasteiger partial charge on any atom is -0.338 e. The third-order valence-corrected chi connectivity index (χ3v) is 2.91. The smallest absolute Gasteiger partial charge is 0.321 e. The molecule has 6 nitrogen and oxygen atoms in total. The number of amides is 3. The number of piperazine rings is 1. The van der Waals surface area contributed by atoms with Gasteiger partial charge in [-0.15, -0.1) is 12.4 Å². The number of hydrogen-bond acceptors (Lipinski definition) is 4. The van der Waals surface area contributed by atoms with Gasteiger partial charge in [0.25, 0.3) is 0 Å². The Kier molecular flexibility index (Phi) is 8.71. The minimum absolute atomic E-state index is 0. The zero-order chi connectivity index (χ0) is 13.5. The van der Waals surface area contributed by atoms with Gasteiger partial charge < -0.3 is 10.6 Å². The fraction of sp³-hybridized carbons (Fsp3) is 0.833. The highest BCUT2D eigenvalue weighted by molar-refractivity contribution is 5.95. The molecule has 19 heavy (non-hydrogen) atoms. The van der Waals surface area contributed by atoms with E-state index < -0.39 is 6.03 Å². The highest BCUT2D eigenvalue weighted by Gasteiger charge is 2.20. The predicted octanol–water partition coefficient (Wildman–Crippen LogP) is 0.184. The van der Waals surface area contributed by atoms with Gasteiger partial charge >= 0.3 is 6.03 Å². The summed E-state index contributed by atoms with van der Waals surface area (Å²) in [7, 11) is 0. The molecule has 7 heteroatoms. The summed E-state index contributed by atoms with van der Waals surface area (Å²) in [6, 6.07) is -0.0836. The molecule has 3 N–H and O–H groups in total. The number of carbonyl (C=O) groups is 2. The fourth-order valence-corrected chi connectivity index (χ4v) is 1.81. The summed E-state index contributed by atoms with van der Waals surface area (Å²) >= 11 is 0. The molecule has 0 aromatic heterocycles. The van der Waals surface area contributed by atoms with Crippen LogP contribution in [-0.4, -0.2) is 55.6 Å². The van der Waals surface area contributed by atoms with E-state index >= 15 is 0 Å². The van der Waals surface area contributed by atoms with E-state index in [2.05, 4.69) is 27.8 Å². The quantitative estimate of drug-likeness (QED) is 0.691. The molecule has 1 heterocycles. The first kappa shape index (κ1) is 18.1. The van der Waals surface area contributed by atoms with Gasteiger partial charge in [-0.05, 0) is 12.8 Å². The average molecular weight is 293 g/mol. The Balaban J connectivity index is 0.00000324. The van der Waals surface area contributed by atoms with Gasteiger partial charge in [-0.3, -0.25) is 15.0 Å². The number of rotatable bonds is 4. The lowest BCUT2D eigenvalue weighted by Gasteiger charge is -2.33. The molecule has 0 aliphatic carbocycles. The van der Waals surface area contributed by atoms with Crippen LogP contribution in [0.4, 0.5) is 4.79 Å². The van der Waals surface area contributed by atoms with E-state index in [4.69, 9.17) is 0 Å². The SMILES string of the molecule is CC(C)CNC(=O)NC(=O)CN1CCNC[C@@H]1C.Cl. The average Bonchev–Trinajstić information content (AvgIpc) is 2.29. The van der Waals surface area contributed by atoms with Crippen LogP contribution in [0.15, 0.2) is 0 Å². The number of urea groups is 1. The number of nitrogens with one attached hydrogen (secondary N) is 3. The molecule has 0 unspecified atom stereocenters. The van der Waals surface area contributed by atoms with E-state index in [0.717, 1.165) is 19.6 Å². The van der Waals surface area contributed by atoms with Crippen molar-refractivity contribution in [3.63, 3.8) is 0 Å². The number of hydrogen-bond donors (Lipinski definition) is 3. The zero-order valence-electron chi connectivity index (χ0n) is 11.9. The molecule has 0 aromatic carbocycles. The van der Waals surface area contributed by atoms with Gasteiger partial charge in [0.1, 0.15) is 0 Å². The molecular weight excluding hydrogens is 268 g/mol. The van der Waals surface area contributed by atoms with Gasteiger partial charge in [0.2, 0.25) is 5.91 Å². The van der Waals surface area contributed by atoms with Gasteiger partial charge in [0.05, 0.1) is 6.54 Å². The molecular formula is C12H25ClN4O2. The lowest BCUT2D eigenvalue weighted by Crippen LogP contribution is -2.54. The van der Waals surface area contributed by atoms with Gasteiger partial charge in [0, 0.05) is 32.2 Å². The second-order valence-electron chi connectivity index (χ2n) is 5.18. The summed E-state index contributed by atoms with van der Waals surface area (Å²) < 4.78 is 0. The molecule has 0 radical (unpaired) electrons. The highest BCUT2D eigenvalue weighted by atomic mass is 35.5. The Morgan fingerprint density at radius 2 is 2.11 bits per heavy atom. The van der Waals surface area contributed by atoms with Crippen LogP contribution in [0.2, 0.25) is 0 Å². The third kappa shape index (κ3) is 7.34. The van der Waals surface area contributed by atoms with Crippen molar-refractivity contribution in [1.82, 2.24) is 20.9 Å². The fourth-order valence-electron chi connectivity index (χ4n) is 1.81. The summed E-state index contributed by atoms with van der Waals surface area (Å²) in [6.07, 6.45) is 0. The monoisotopic (exact) mass is 292 g/mol. The standard InChI is InChI=1S/C12H24N4O2.ClH/c1-9(2)6-14-12(18)15-11(17)8-16-5-4-13-7-10(16)3;/h9-10,13H,4-8H2,1-3H3,(H2,14,15,17,18);1H/t10-;/m0./s1. The topological polar surface area (TPSA) is 73.5 Å². The molecule has 1 rings (SSSR count). The van der Waals surface area contributed by atoms with Gasteiger partial charge in [-0.1, -0.05) is 13.8 Å². The molecule has 1 saturated heterocycles. The maximum absolute atomic E-state index is 11.7. The van der Waals surface area contributed by atoms with Crippen LogP contribution in [0.1, 0.15) is 20.8 Å². The van der Waals surface area contributed by atoms with E-state index in [-0.39, 0.29) is 24.9 Å². The molecule has 0 bridgehead atoms. The van der Waals surface area contributed by atoms with Crippen molar-refractivity contribution in [1.29, 1.82) is 0 Å². The van der Waals surface area contributed by atoms with Gasteiger partial charge in [-0.2, -0.15) is 0 Å². The zero-order valence-corrected chi connectivity index (χ0v) is 12.7. The van der Waals surface area contributed by atoms with Crippen LogP contribution < -0.4 is 16.0 Å². The first-order chi connectivity index (χ1) is 8.49. The van der Waals surface area contributed by atoms with E-state index in [9.17, 15) is 9.59 Å². The maximum Gasteiger partial charge on any atom is 0.321 e. The van der Waals surface area contributed by atoms with Gasteiger partial charge in [-0.25, -0.2) is 4.79 Å². The van der Waals surface area contributed by atoms with E-state index in [1.54, 1.807) is 0 Å². The third-order valence-electron chi connectivity index (χ3n) is 2.91. The summed E-state index contributed by atoms with van der Waals surface area (Å²) in [5, 5.41) is 8.27. The number of carbonyl (C=O) groups excluding carboxylic acids is 2. The summed E-state index contributed by atoms with van der Waals surface area (Å²) in [4.78, 5) is 25.2. The number of nitrogens with zero attached hydrogens (tertiary/aromatic N) is 1. The van der Waals surface area contributed by atoms with Crippen LogP contribution in [-0.2, 0) is 4.79 Å². The summed E-state index contributed by atoms with van der Waals surface area (Å²) in [5.41, 5.74) is 0. The molecule has 1 aliphatic heterocycles. The molecule has 1 fully saturated rings. The Bertz CT molecular complexity index is 299. The summed E-state index contributed by atoms with van der Waals surface area (Å²) in [6.45, 7) is 9.53. The molecule has 112 valence electrons. The highest BCUT2D eigenvalue weighted by Crippen LogP contribution is 2.00. The first-order valence-corrected chi connectivity index (χ1v) is 6.51. The molecule has 0 aromatic rings. The van der Waals surface area contributed by atoms with Crippen molar-refractivity contribution >= 4 is 24.3 Å². The normalized spacial score (nSPS) is 19.7. The Morgan fingerprint density at radius 1 is 1.42 bits per heavy atom. The second-order valence-corrected chi connectivity index (χ2v) is 5.18. The van der Waals surface area contributed by atoms with Crippen molar-refractivity contribution in [2.45, 2.75) is 26.8 Å². The largest absolute Gasteiger partial charge is 0.338 e. The van der Waals surface area contributed by atoms with Crippen LogP contribution in [0.25, 0.3) is 0 Å². The van der Waals surface area contributed by atoms with E-state index in [1.807, 2.05) is 13.8 Å². The lowest BCUT2D eigenvalue weighted by atomic mass is 10.2. The second kappa shape index (κ2) is 9.12. The Hall–Kier alpha value is -0.850. The van der Waals surface area contributed by atoms with Crippen LogP contribution in [0, 0.1) is 5.92 Å². The van der Waals surface area contributed by atoms with Crippen molar-refractivity contribution in [3.05, 3.63) is 0 Å². The molecule has 0 spiro atoms. The number of imide groups is 1. The van der Waals surface area contributed by atoms with Crippen molar-refractivity contribution in [3.8, 4) is 0 Å². The molecule has 0 saturated carbocycles. The van der Waals surface area contributed by atoms with Crippen molar-refractivity contribution < 1.29 is 9.59 Å². The number of halogens is 1. The molecule has 1 aliphatic rings. The van der Waals surface area contributed by atoms with Crippen LogP contribution >= 0.6 is 12.4 Å². The lowest BCUT2D eigenvalue weighted by molar-refractivity contribution is -0.121. The van der Waals surface area contributed by atoms with E-state index in [1.165, 1.54) is 0 Å². The van der Waals surface area contributed by atoms with Gasteiger partial charge in [0.15, 0.2) is 0 Å². The molecule has 3 amide bonds. The van der Waals surface area contributed by atoms with Crippen molar-refractivity contribution in [2.24, 2.45) is 5.92 Å². The maximum atomic E-state index is 11.7. The van der Waals surface area contributed by atoms with Crippen LogP contribution in [0.5, 0.6) is 0 Å². The minimum atomic E-state index is -0.406.